The van der Waals surface area contributed by atoms with Crippen LogP contribution in [0.3, 0.4) is 0 Å². The lowest BCUT2D eigenvalue weighted by Crippen LogP contribution is -2.46. The van der Waals surface area contributed by atoms with Gasteiger partial charge in [-0.2, -0.15) is 0 Å². The minimum Gasteiger partial charge on any atom is -0.341 e. The maximum absolute atomic E-state index is 11.8. The van der Waals surface area contributed by atoms with Gasteiger partial charge in [-0.3, -0.25) is 4.79 Å². The van der Waals surface area contributed by atoms with Crippen LogP contribution in [0.25, 0.3) is 0 Å². The Balaban J connectivity index is 1.82. The van der Waals surface area contributed by atoms with Crippen molar-refractivity contribution in [3.05, 3.63) is 0 Å². The van der Waals surface area contributed by atoms with Gasteiger partial charge in [0.05, 0.1) is 5.25 Å². The highest BCUT2D eigenvalue weighted by molar-refractivity contribution is 7.90. The van der Waals surface area contributed by atoms with Crippen LogP contribution in [0.15, 0.2) is 0 Å². The molecule has 2 unspecified atom stereocenters. The molecule has 1 amide bonds. The zero-order valence-electron chi connectivity index (χ0n) is 11.1. The van der Waals surface area contributed by atoms with E-state index < -0.39 is 15.4 Å². The summed E-state index contributed by atoms with van der Waals surface area (Å²) in [5.74, 6) is 0.137. The fourth-order valence-electron chi connectivity index (χ4n) is 2.41. The van der Waals surface area contributed by atoms with Crippen molar-refractivity contribution in [1.29, 1.82) is 0 Å². The third-order valence-electron chi connectivity index (χ3n) is 3.71. The number of nitrogens with one attached hydrogen (secondary N) is 1. The van der Waals surface area contributed by atoms with Gasteiger partial charge in [-0.15, -0.1) is 11.6 Å². The fraction of sp³-hybridized carbons (Fsp3) is 0.917. The van der Waals surface area contributed by atoms with Gasteiger partial charge in [-0.05, 0) is 38.5 Å². The van der Waals surface area contributed by atoms with Crippen LogP contribution in [0.1, 0.15) is 32.6 Å². The molecule has 1 N–H and O–H groups in total. The maximum atomic E-state index is 11.8. The van der Waals surface area contributed by atoms with E-state index in [9.17, 15) is 13.2 Å². The van der Waals surface area contributed by atoms with Crippen LogP contribution in [-0.2, 0) is 14.8 Å². The van der Waals surface area contributed by atoms with E-state index in [0.29, 0.717) is 13.1 Å². The second-order valence-electron chi connectivity index (χ2n) is 5.50. The molecule has 19 heavy (non-hydrogen) atoms. The Morgan fingerprint density at radius 2 is 2.11 bits per heavy atom. The van der Waals surface area contributed by atoms with Gasteiger partial charge in [0.25, 0.3) is 0 Å². The fourth-order valence-corrected chi connectivity index (χ4v) is 4.01. The van der Waals surface area contributed by atoms with Crippen LogP contribution in [0.5, 0.6) is 0 Å². The lowest BCUT2D eigenvalue weighted by Gasteiger charge is -2.33. The zero-order valence-corrected chi connectivity index (χ0v) is 12.7. The number of amides is 1. The molecule has 0 aromatic heterocycles. The summed E-state index contributed by atoms with van der Waals surface area (Å²) in [6.07, 6.45) is 3.40. The molecular weight excluding hydrogens is 288 g/mol. The molecule has 1 saturated heterocycles. The van der Waals surface area contributed by atoms with Gasteiger partial charge in [0.15, 0.2) is 0 Å². The summed E-state index contributed by atoms with van der Waals surface area (Å²) in [7, 11) is -3.12. The number of rotatable bonds is 5. The second kappa shape index (κ2) is 5.97. The van der Waals surface area contributed by atoms with Crippen molar-refractivity contribution >= 4 is 27.5 Å². The largest absolute Gasteiger partial charge is 0.341 e. The minimum absolute atomic E-state index is 0.0589. The summed E-state index contributed by atoms with van der Waals surface area (Å²) in [6, 6.07) is 0. The van der Waals surface area contributed by atoms with E-state index in [4.69, 9.17) is 11.6 Å². The molecule has 1 saturated carbocycles. The molecule has 1 aliphatic heterocycles. The van der Waals surface area contributed by atoms with Crippen LogP contribution in [0.4, 0.5) is 0 Å². The quantitative estimate of drug-likeness (QED) is 0.769. The molecular formula is C12H21ClN2O3S. The van der Waals surface area contributed by atoms with E-state index in [-0.39, 0.29) is 17.1 Å². The van der Waals surface area contributed by atoms with Gasteiger partial charge in [-0.25, -0.2) is 13.1 Å². The SMILES string of the molecule is CC(Cl)C(=O)N1CCCC(CNS(=O)(=O)C2CC2)C1. The van der Waals surface area contributed by atoms with E-state index in [2.05, 4.69) is 4.72 Å². The smallest absolute Gasteiger partial charge is 0.240 e. The van der Waals surface area contributed by atoms with Crippen molar-refractivity contribution in [3.63, 3.8) is 0 Å². The van der Waals surface area contributed by atoms with Crippen LogP contribution < -0.4 is 4.72 Å². The van der Waals surface area contributed by atoms with Gasteiger partial charge in [-0.1, -0.05) is 0 Å². The summed E-state index contributed by atoms with van der Waals surface area (Å²) >= 11 is 5.81. The van der Waals surface area contributed by atoms with E-state index in [1.807, 2.05) is 0 Å². The molecule has 1 aliphatic carbocycles. The molecule has 2 atom stereocenters. The monoisotopic (exact) mass is 308 g/mol. The van der Waals surface area contributed by atoms with Crippen LogP contribution >= 0.6 is 11.6 Å². The first-order valence-electron chi connectivity index (χ1n) is 6.81. The summed E-state index contributed by atoms with van der Waals surface area (Å²) in [6.45, 7) is 3.42. The summed E-state index contributed by atoms with van der Waals surface area (Å²) in [5.41, 5.74) is 0. The van der Waals surface area contributed by atoms with Crippen molar-refractivity contribution in [1.82, 2.24) is 9.62 Å². The van der Waals surface area contributed by atoms with Crippen molar-refractivity contribution in [2.24, 2.45) is 5.92 Å². The average molecular weight is 309 g/mol. The summed E-state index contributed by atoms with van der Waals surface area (Å²) < 4.78 is 26.2. The van der Waals surface area contributed by atoms with Crippen LogP contribution in [0, 0.1) is 5.92 Å². The average Bonchev–Trinajstić information content (AvgIpc) is 3.20. The molecule has 0 spiro atoms. The first kappa shape index (κ1) is 15.1. The lowest BCUT2D eigenvalue weighted by molar-refractivity contribution is -0.132. The number of hydrogen-bond acceptors (Lipinski definition) is 3. The molecule has 5 nitrogen and oxygen atoms in total. The highest BCUT2D eigenvalue weighted by atomic mass is 35.5. The van der Waals surface area contributed by atoms with Crippen LogP contribution in [0.2, 0.25) is 0 Å². The van der Waals surface area contributed by atoms with E-state index in [1.165, 1.54) is 0 Å². The minimum atomic E-state index is -3.12. The number of sulfonamides is 1. The summed E-state index contributed by atoms with van der Waals surface area (Å²) in [4.78, 5) is 13.6. The number of halogens is 1. The van der Waals surface area contributed by atoms with E-state index in [1.54, 1.807) is 11.8 Å². The highest BCUT2D eigenvalue weighted by Crippen LogP contribution is 2.27. The molecule has 0 aromatic rings. The third-order valence-corrected chi connectivity index (χ3v) is 5.81. The number of carbonyl (C=O) groups excluding carboxylic acids is 1. The number of piperidine rings is 1. The number of likely N-dealkylation sites (tertiary alicyclic amines) is 1. The number of carbonyl (C=O) groups is 1. The third kappa shape index (κ3) is 4.07. The molecule has 2 aliphatic rings. The van der Waals surface area contributed by atoms with Gasteiger partial charge in [0, 0.05) is 19.6 Å². The highest BCUT2D eigenvalue weighted by Gasteiger charge is 2.36. The Bertz CT molecular complexity index is 434. The predicted molar refractivity (Wildman–Crippen MR) is 74.6 cm³/mol. The first-order valence-corrected chi connectivity index (χ1v) is 8.80. The Labute approximate surface area is 119 Å². The van der Waals surface area contributed by atoms with E-state index >= 15 is 0 Å². The standard InChI is InChI=1S/C12H21ClN2O3S/c1-9(13)12(16)15-6-2-3-10(8-15)7-14-19(17,18)11-4-5-11/h9-11,14H,2-8H2,1H3. The lowest BCUT2D eigenvalue weighted by atomic mass is 9.98. The van der Waals surface area contributed by atoms with Gasteiger partial charge in [0.2, 0.25) is 15.9 Å². The number of hydrogen-bond donors (Lipinski definition) is 1. The van der Waals surface area contributed by atoms with Gasteiger partial charge >= 0.3 is 0 Å². The Hall–Kier alpha value is -0.330. The molecule has 7 heteroatoms. The van der Waals surface area contributed by atoms with Crippen molar-refractivity contribution < 1.29 is 13.2 Å². The Morgan fingerprint density at radius 3 is 2.68 bits per heavy atom. The summed E-state index contributed by atoms with van der Waals surface area (Å²) in [5, 5.41) is -0.696. The molecule has 0 radical (unpaired) electrons. The van der Waals surface area contributed by atoms with Gasteiger partial charge in [0.1, 0.15) is 5.38 Å². The van der Waals surface area contributed by atoms with Crippen molar-refractivity contribution in [2.75, 3.05) is 19.6 Å². The zero-order chi connectivity index (χ0) is 14.0. The molecule has 0 aromatic carbocycles. The maximum Gasteiger partial charge on any atom is 0.240 e. The molecule has 1 heterocycles. The van der Waals surface area contributed by atoms with Crippen LogP contribution in [-0.4, -0.2) is 49.5 Å². The topological polar surface area (TPSA) is 66.5 Å². The number of alkyl halides is 1. The predicted octanol–water partition coefficient (Wildman–Crippen LogP) is 0.934. The van der Waals surface area contributed by atoms with Crippen molar-refractivity contribution in [2.45, 2.75) is 43.2 Å². The second-order valence-corrected chi connectivity index (χ2v) is 8.20. The molecule has 2 rings (SSSR count). The molecule has 2 fully saturated rings. The first-order chi connectivity index (χ1) is 8.90. The van der Waals surface area contributed by atoms with Crippen molar-refractivity contribution in [3.8, 4) is 0 Å². The molecule has 0 bridgehead atoms. The number of nitrogens with zero attached hydrogens (tertiary/aromatic N) is 1. The normalized spacial score (nSPS) is 26.2. The van der Waals surface area contributed by atoms with E-state index in [0.717, 1.165) is 32.2 Å². The van der Waals surface area contributed by atoms with Gasteiger partial charge < -0.3 is 4.90 Å². The Morgan fingerprint density at radius 1 is 1.42 bits per heavy atom. The Kier molecular flexibility index (Phi) is 4.74. The molecule has 110 valence electrons.